The van der Waals surface area contributed by atoms with E-state index in [0.717, 1.165) is 44.5 Å². The number of nitrogen functional groups attached to an aromatic ring is 1. The molecule has 4 aliphatic rings. The maximum Gasteiger partial charge on any atom is 0.418 e. The van der Waals surface area contributed by atoms with Gasteiger partial charge in [-0.15, -0.1) is 0 Å². The van der Waals surface area contributed by atoms with E-state index in [0.29, 0.717) is 25.9 Å². The molecule has 1 spiro atoms. The highest BCUT2D eigenvalue weighted by atomic mass is 35.5. The van der Waals surface area contributed by atoms with Crippen molar-refractivity contribution in [3.05, 3.63) is 28.5 Å². The number of nitrogens with one attached hydrogen (secondary N) is 1. The van der Waals surface area contributed by atoms with Crippen LogP contribution in [0.15, 0.2) is 12.1 Å². The summed E-state index contributed by atoms with van der Waals surface area (Å²) in [6.45, 7) is 2.59. The van der Waals surface area contributed by atoms with E-state index in [1.54, 1.807) is 0 Å². The third-order valence-corrected chi connectivity index (χ3v) is 9.85. The monoisotopic (exact) mass is 639 g/mol. The van der Waals surface area contributed by atoms with Crippen molar-refractivity contribution in [1.29, 1.82) is 0 Å². The van der Waals surface area contributed by atoms with Gasteiger partial charge in [0.1, 0.15) is 41.8 Å². The van der Waals surface area contributed by atoms with E-state index in [4.69, 9.17) is 26.8 Å². The summed E-state index contributed by atoms with van der Waals surface area (Å²) in [6, 6.07) is 1.76. The van der Waals surface area contributed by atoms with Crippen LogP contribution in [-0.4, -0.2) is 83.5 Å². The van der Waals surface area contributed by atoms with Crippen LogP contribution in [0.4, 0.5) is 33.5 Å². The summed E-state index contributed by atoms with van der Waals surface area (Å²) in [5.74, 6) is -0.976. The molecule has 7 rings (SSSR count). The van der Waals surface area contributed by atoms with Crippen LogP contribution in [0, 0.1) is 5.82 Å². The number of halogens is 6. The first-order valence-corrected chi connectivity index (χ1v) is 15.0. The smallest absolute Gasteiger partial charge is 0.418 e. The van der Waals surface area contributed by atoms with Gasteiger partial charge >= 0.3 is 12.2 Å². The fourth-order valence-corrected chi connectivity index (χ4v) is 7.66. The van der Waals surface area contributed by atoms with Gasteiger partial charge in [-0.25, -0.2) is 13.8 Å². The molecular weight excluding hydrogens is 609 g/mol. The number of ether oxygens (including phenoxy) is 2. The normalized spacial score (nSPS) is 27.1. The Morgan fingerprint density at radius 1 is 1.20 bits per heavy atom. The molecule has 0 bridgehead atoms. The van der Waals surface area contributed by atoms with Crippen molar-refractivity contribution in [2.45, 2.75) is 55.5 Å². The number of nitrogens with zero attached hydrogens (tertiary/aromatic N) is 5. The van der Waals surface area contributed by atoms with Gasteiger partial charge in [-0.05, 0) is 50.9 Å². The molecule has 0 radical (unpaired) electrons. The number of nitrogens with two attached hydrogens (primary N) is 1. The second-order valence-corrected chi connectivity index (χ2v) is 12.7. The predicted octanol–water partition coefficient (Wildman–Crippen LogP) is 4.99. The summed E-state index contributed by atoms with van der Waals surface area (Å²) >= 11 is 6.00. The van der Waals surface area contributed by atoms with Crippen molar-refractivity contribution in [1.82, 2.24) is 25.2 Å². The molecule has 2 aromatic heterocycles. The molecule has 15 heteroatoms. The van der Waals surface area contributed by atoms with Crippen LogP contribution in [-0.2, 0) is 6.18 Å². The van der Waals surface area contributed by atoms with Crippen molar-refractivity contribution in [2.24, 2.45) is 0 Å². The number of anilines is 2. The lowest BCUT2D eigenvalue weighted by atomic mass is 9.89. The molecule has 44 heavy (non-hydrogen) atoms. The molecule has 3 aromatic rings. The van der Waals surface area contributed by atoms with E-state index in [9.17, 15) is 17.6 Å². The standard InChI is InChI=1S/C29H31ClF5N7O2/c1-41-24-19-23(39-26(40-24)44-13-27-5-3-7-42(27)11-15(31)10-27)21(32)22(17-8-16(36)9-18(30)20(17)29(33,34)35)38-25(19)43-14-28(41)4-2-6-37-12-28/h8-9,15,37H,2-7,10-14,36H2,1H3/t15-,27+,28?/m1/s1. The summed E-state index contributed by atoms with van der Waals surface area (Å²) in [5.41, 5.74) is 1.72. The Morgan fingerprint density at radius 2 is 2.02 bits per heavy atom. The zero-order valence-corrected chi connectivity index (χ0v) is 24.7. The van der Waals surface area contributed by atoms with E-state index in [1.807, 2.05) is 11.9 Å². The number of rotatable bonds is 4. The molecule has 0 aliphatic carbocycles. The van der Waals surface area contributed by atoms with Gasteiger partial charge in [0, 0.05) is 37.8 Å². The lowest BCUT2D eigenvalue weighted by Gasteiger charge is -2.43. The predicted molar refractivity (Wildman–Crippen MR) is 154 cm³/mol. The first kappa shape index (κ1) is 29.5. The van der Waals surface area contributed by atoms with Gasteiger partial charge in [-0.3, -0.25) is 4.90 Å². The van der Waals surface area contributed by atoms with Crippen LogP contribution >= 0.6 is 11.6 Å². The first-order chi connectivity index (χ1) is 20.9. The Labute approximate surface area is 254 Å². The third kappa shape index (κ3) is 4.67. The number of piperidine rings is 1. The Bertz CT molecular complexity index is 1640. The first-order valence-electron chi connectivity index (χ1n) is 14.6. The maximum atomic E-state index is 16.6. The quantitative estimate of drug-likeness (QED) is 0.302. The van der Waals surface area contributed by atoms with Crippen molar-refractivity contribution < 1.29 is 31.4 Å². The molecule has 9 nitrogen and oxygen atoms in total. The summed E-state index contributed by atoms with van der Waals surface area (Å²) in [6.07, 6.45) is -2.45. The number of benzene rings is 1. The number of alkyl halides is 4. The Kier molecular flexibility index (Phi) is 6.98. The van der Waals surface area contributed by atoms with Crippen molar-refractivity contribution in [3.63, 3.8) is 0 Å². The number of likely N-dealkylation sites (N-methyl/N-ethyl adjacent to an activating group) is 1. The second-order valence-electron chi connectivity index (χ2n) is 12.3. The topological polar surface area (TPSA) is 102 Å². The zero-order chi connectivity index (χ0) is 31.0. The molecule has 3 N–H and O–H groups in total. The summed E-state index contributed by atoms with van der Waals surface area (Å²) in [4.78, 5) is 17.3. The van der Waals surface area contributed by atoms with E-state index in [-0.39, 0.29) is 47.5 Å². The molecule has 1 unspecified atom stereocenters. The highest BCUT2D eigenvalue weighted by Gasteiger charge is 2.50. The van der Waals surface area contributed by atoms with Gasteiger partial charge in [0.05, 0.1) is 21.7 Å². The molecule has 1 aromatic carbocycles. The number of pyridine rings is 1. The molecule has 4 aliphatic heterocycles. The van der Waals surface area contributed by atoms with Gasteiger partial charge < -0.3 is 25.4 Å². The SMILES string of the molecule is CN1c2nc(OC[C@@]34CCCN3C[C@H](F)C4)nc3c(F)c(-c4cc(N)cc(Cl)c4C(F)(F)F)nc(c23)OCC12CCCNC2. The van der Waals surface area contributed by atoms with Gasteiger partial charge in [0.2, 0.25) is 5.88 Å². The van der Waals surface area contributed by atoms with Gasteiger partial charge in [0.25, 0.3) is 0 Å². The fourth-order valence-electron chi connectivity index (χ4n) is 7.33. The van der Waals surface area contributed by atoms with Crippen molar-refractivity contribution in [2.75, 3.05) is 57.1 Å². The minimum absolute atomic E-state index is 0.0841. The van der Waals surface area contributed by atoms with Crippen LogP contribution in [0.1, 0.15) is 37.7 Å². The number of hydrogen-bond donors (Lipinski definition) is 2. The number of hydrogen-bond acceptors (Lipinski definition) is 9. The lowest BCUT2D eigenvalue weighted by Crippen LogP contribution is -2.59. The van der Waals surface area contributed by atoms with E-state index in [2.05, 4.69) is 25.2 Å². The molecule has 236 valence electrons. The summed E-state index contributed by atoms with van der Waals surface area (Å²) < 4.78 is 86.0. The highest BCUT2D eigenvalue weighted by molar-refractivity contribution is 6.32. The minimum Gasteiger partial charge on any atom is -0.475 e. The average Bonchev–Trinajstić information content (AvgIpc) is 3.46. The molecular formula is C29H31ClF5N7O2. The summed E-state index contributed by atoms with van der Waals surface area (Å²) in [7, 11) is 1.81. The molecule has 3 fully saturated rings. The number of fused-ring (bicyclic) bond motifs is 1. The Balaban J connectivity index is 1.41. The Hall–Kier alpha value is -3.23. The van der Waals surface area contributed by atoms with Crippen LogP contribution in [0.2, 0.25) is 5.02 Å². The largest absolute Gasteiger partial charge is 0.475 e. The van der Waals surface area contributed by atoms with Gasteiger partial charge in [-0.1, -0.05) is 11.6 Å². The lowest BCUT2D eigenvalue weighted by molar-refractivity contribution is -0.137. The molecule has 0 saturated carbocycles. The van der Waals surface area contributed by atoms with E-state index >= 15 is 4.39 Å². The average molecular weight is 640 g/mol. The second kappa shape index (κ2) is 10.4. The van der Waals surface area contributed by atoms with Crippen LogP contribution < -0.4 is 25.4 Å². The minimum atomic E-state index is -4.94. The van der Waals surface area contributed by atoms with Crippen molar-refractivity contribution >= 4 is 34.0 Å². The van der Waals surface area contributed by atoms with Crippen LogP contribution in [0.5, 0.6) is 11.9 Å². The molecule has 0 amide bonds. The van der Waals surface area contributed by atoms with Crippen LogP contribution in [0.3, 0.4) is 0 Å². The Morgan fingerprint density at radius 3 is 2.77 bits per heavy atom. The third-order valence-electron chi connectivity index (χ3n) is 9.55. The molecule has 6 heterocycles. The molecule has 3 atom stereocenters. The number of aromatic nitrogens is 3. The van der Waals surface area contributed by atoms with Gasteiger partial charge in [-0.2, -0.15) is 23.1 Å². The highest BCUT2D eigenvalue weighted by Crippen LogP contribution is 2.47. The fraction of sp³-hybridized carbons (Fsp3) is 0.552. The molecule has 3 saturated heterocycles. The van der Waals surface area contributed by atoms with E-state index < -0.39 is 51.1 Å². The van der Waals surface area contributed by atoms with Crippen LogP contribution in [0.25, 0.3) is 22.2 Å². The maximum absolute atomic E-state index is 16.6. The zero-order valence-electron chi connectivity index (χ0n) is 23.9. The van der Waals surface area contributed by atoms with Gasteiger partial charge in [0.15, 0.2) is 5.82 Å². The van der Waals surface area contributed by atoms with E-state index in [1.165, 1.54) is 0 Å². The van der Waals surface area contributed by atoms with Crippen molar-refractivity contribution in [3.8, 4) is 23.1 Å². The summed E-state index contributed by atoms with van der Waals surface area (Å²) in [5, 5.41) is 2.78.